The minimum atomic E-state index is 0.134. The SMILES string of the molecule is Cc1cc(N2CCN(C(=N)N)CC2)ccc1-c1nnc(-c2ccc(N3CCN(C(=N)N)CC3)cc2)o1. The van der Waals surface area contributed by atoms with Crippen molar-refractivity contribution in [3.63, 3.8) is 0 Å². The third-order valence-corrected chi connectivity index (χ3v) is 6.95. The van der Waals surface area contributed by atoms with Crippen LogP contribution in [0.2, 0.25) is 0 Å². The van der Waals surface area contributed by atoms with Gasteiger partial charge >= 0.3 is 0 Å². The number of benzene rings is 2. The topological polar surface area (TPSA) is 152 Å². The molecule has 1 aromatic heterocycles. The van der Waals surface area contributed by atoms with Crippen molar-refractivity contribution in [1.82, 2.24) is 20.0 Å². The summed E-state index contributed by atoms with van der Waals surface area (Å²) in [7, 11) is 0. The van der Waals surface area contributed by atoms with Crippen LogP contribution in [0.5, 0.6) is 0 Å². The summed E-state index contributed by atoms with van der Waals surface area (Å²) in [5.74, 6) is 1.26. The summed E-state index contributed by atoms with van der Waals surface area (Å²) in [4.78, 5) is 8.36. The van der Waals surface area contributed by atoms with Crippen LogP contribution >= 0.6 is 0 Å². The Morgan fingerprint density at radius 1 is 0.722 bits per heavy atom. The number of nitrogens with two attached hydrogens (primary N) is 2. The molecule has 2 aromatic carbocycles. The van der Waals surface area contributed by atoms with Gasteiger partial charge in [-0.1, -0.05) is 0 Å². The zero-order chi connectivity index (χ0) is 25.2. The van der Waals surface area contributed by atoms with Gasteiger partial charge in [0.05, 0.1) is 0 Å². The summed E-state index contributed by atoms with van der Waals surface area (Å²) in [5.41, 5.74) is 16.3. The Morgan fingerprint density at radius 2 is 1.22 bits per heavy atom. The van der Waals surface area contributed by atoms with Crippen LogP contribution < -0.4 is 21.3 Å². The molecule has 0 amide bonds. The monoisotopic (exact) mass is 488 g/mol. The maximum Gasteiger partial charge on any atom is 0.248 e. The zero-order valence-corrected chi connectivity index (χ0v) is 20.4. The molecule has 36 heavy (non-hydrogen) atoms. The van der Waals surface area contributed by atoms with E-state index >= 15 is 0 Å². The van der Waals surface area contributed by atoms with Gasteiger partial charge in [0, 0.05) is 74.9 Å². The van der Waals surface area contributed by atoms with E-state index in [0.29, 0.717) is 11.8 Å². The zero-order valence-electron chi connectivity index (χ0n) is 20.4. The van der Waals surface area contributed by atoms with Gasteiger partial charge in [-0.2, -0.15) is 0 Å². The number of aromatic nitrogens is 2. The fourth-order valence-electron chi connectivity index (χ4n) is 4.76. The lowest BCUT2D eigenvalue weighted by molar-refractivity contribution is 0.380. The maximum atomic E-state index is 7.61. The van der Waals surface area contributed by atoms with Crippen LogP contribution in [0.1, 0.15) is 5.56 Å². The Hall–Kier alpha value is -4.28. The van der Waals surface area contributed by atoms with Crippen LogP contribution in [-0.2, 0) is 0 Å². The molecule has 6 N–H and O–H groups in total. The van der Waals surface area contributed by atoms with Crippen LogP contribution in [0.3, 0.4) is 0 Å². The van der Waals surface area contributed by atoms with E-state index < -0.39 is 0 Å². The molecule has 0 spiro atoms. The molecule has 188 valence electrons. The van der Waals surface area contributed by atoms with Crippen LogP contribution in [0.4, 0.5) is 11.4 Å². The van der Waals surface area contributed by atoms with Gasteiger partial charge in [0.15, 0.2) is 11.9 Å². The van der Waals surface area contributed by atoms with Crippen LogP contribution in [-0.4, -0.2) is 84.3 Å². The average molecular weight is 489 g/mol. The molecule has 2 fully saturated rings. The molecule has 0 radical (unpaired) electrons. The molecule has 11 heteroatoms. The Kier molecular flexibility index (Phi) is 6.36. The predicted molar refractivity (Wildman–Crippen MR) is 141 cm³/mol. The molecule has 3 heterocycles. The molecular formula is C25H32N10O. The minimum Gasteiger partial charge on any atom is -0.416 e. The minimum absolute atomic E-state index is 0.134. The second kappa shape index (κ2) is 9.76. The van der Waals surface area contributed by atoms with Gasteiger partial charge in [0.25, 0.3) is 0 Å². The molecule has 5 rings (SSSR count). The smallest absolute Gasteiger partial charge is 0.248 e. The lowest BCUT2D eigenvalue weighted by Crippen LogP contribution is -2.50. The maximum absolute atomic E-state index is 7.61. The number of aryl methyl sites for hydroxylation is 1. The van der Waals surface area contributed by atoms with Crippen LogP contribution in [0.25, 0.3) is 22.9 Å². The number of rotatable bonds is 4. The Labute approximate surface area is 210 Å². The van der Waals surface area contributed by atoms with Gasteiger partial charge in [0.1, 0.15) is 0 Å². The standard InChI is InChI=1S/C25H32N10O/c1-17-16-20(33-10-14-35(15-11-33)25(28)29)6-7-21(17)23-31-30-22(36-23)18-2-4-19(5-3-18)32-8-12-34(13-9-32)24(26)27/h2-7,16H,8-15H2,1H3,(H3,26,27)(H3,28,29). The first kappa shape index (κ1) is 23.5. The normalized spacial score (nSPS) is 16.4. The van der Waals surface area contributed by atoms with Gasteiger partial charge < -0.3 is 35.5 Å². The number of hydrogen-bond donors (Lipinski definition) is 4. The van der Waals surface area contributed by atoms with Gasteiger partial charge in [0.2, 0.25) is 11.8 Å². The van der Waals surface area contributed by atoms with E-state index in [1.165, 1.54) is 0 Å². The highest BCUT2D eigenvalue weighted by Gasteiger charge is 2.20. The summed E-state index contributed by atoms with van der Waals surface area (Å²) in [6, 6.07) is 14.4. The van der Waals surface area contributed by atoms with Crippen molar-refractivity contribution in [3.05, 3.63) is 48.0 Å². The molecule has 0 saturated carbocycles. The Bertz CT molecular complexity index is 1240. The van der Waals surface area contributed by atoms with E-state index in [9.17, 15) is 0 Å². The first-order valence-corrected chi connectivity index (χ1v) is 12.1. The number of anilines is 2. The van der Waals surface area contributed by atoms with Crippen molar-refractivity contribution in [2.45, 2.75) is 6.92 Å². The molecule has 2 saturated heterocycles. The highest BCUT2D eigenvalue weighted by atomic mass is 16.4. The quantitative estimate of drug-likeness (QED) is 0.318. The van der Waals surface area contributed by atoms with Gasteiger partial charge in [-0.15, -0.1) is 10.2 Å². The lowest BCUT2D eigenvalue weighted by atomic mass is 10.1. The number of hydrogen-bond acceptors (Lipinski definition) is 7. The number of nitrogens with one attached hydrogen (secondary N) is 2. The highest BCUT2D eigenvalue weighted by molar-refractivity contribution is 5.75. The number of nitrogens with zero attached hydrogens (tertiary/aromatic N) is 6. The second-order valence-electron chi connectivity index (χ2n) is 9.18. The van der Waals surface area contributed by atoms with Crippen molar-refractivity contribution >= 4 is 23.3 Å². The lowest BCUT2D eigenvalue weighted by Gasteiger charge is -2.36. The largest absolute Gasteiger partial charge is 0.416 e. The van der Waals surface area contributed by atoms with Crippen molar-refractivity contribution in [3.8, 4) is 22.9 Å². The highest BCUT2D eigenvalue weighted by Crippen LogP contribution is 2.30. The van der Waals surface area contributed by atoms with E-state index in [4.69, 9.17) is 26.7 Å². The first-order valence-electron chi connectivity index (χ1n) is 12.1. The third kappa shape index (κ3) is 4.77. The first-order chi connectivity index (χ1) is 17.4. The summed E-state index contributed by atoms with van der Waals surface area (Å²) in [5, 5.41) is 23.8. The fraction of sp³-hybridized carbons (Fsp3) is 0.360. The van der Waals surface area contributed by atoms with Crippen molar-refractivity contribution in [2.75, 3.05) is 62.2 Å². The van der Waals surface area contributed by atoms with Crippen LogP contribution in [0, 0.1) is 17.7 Å². The predicted octanol–water partition coefficient (Wildman–Crippen LogP) is 1.74. The van der Waals surface area contributed by atoms with Crippen molar-refractivity contribution in [2.24, 2.45) is 11.5 Å². The second-order valence-corrected chi connectivity index (χ2v) is 9.18. The van der Waals surface area contributed by atoms with Crippen molar-refractivity contribution < 1.29 is 4.42 Å². The molecule has 11 nitrogen and oxygen atoms in total. The van der Waals surface area contributed by atoms with Gasteiger partial charge in [-0.3, -0.25) is 10.8 Å². The fourth-order valence-corrected chi connectivity index (χ4v) is 4.76. The van der Waals surface area contributed by atoms with E-state index in [2.05, 4.69) is 51.2 Å². The molecule has 2 aliphatic heterocycles. The van der Waals surface area contributed by atoms with Gasteiger partial charge in [-0.05, 0) is 55.0 Å². The third-order valence-electron chi connectivity index (χ3n) is 6.95. The molecule has 0 unspecified atom stereocenters. The van der Waals surface area contributed by atoms with E-state index in [-0.39, 0.29) is 11.9 Å². The summed E-state index contributed by atoms with van der Waals surface area (Å²) < 4.78 is 6.05. The number of guanidine groups is 2. The summed E-state index contributed by atoms with van der Waals surface area (Å²) in [6.45, 7) is 8.34. The van der Waals surface area contributed by atoms with Crippen LogP contribution in [0.15, 0.2) is 46.9 Å². The molecular weight excluding hydrogens is 456 g/mol. The van der Waals surface area contributed by atoms with E-state index in [1.807, 2.05) is 28.0 Å². The van der Waals surface area contributed by atoms with E-state index in [1.54, 1.807) is 0 Å². The number of piperazine rings is 2. The molecule has 0 bridgehead atoms. The summed E-state index contributed by atoms with van der Waals surface area (Å²) in [6.07, 6.45) is 0. The molecule has 2 aliphatic rings. The Balaban J connectivity index is 1.25. The molecule has 0 atom stereocenters. The average Bonchev–Trinajstić information content (AvgIpc) is 3.39. The molecule has 3 aromatic rings. The van der Waals surface area contributed by atoms with E-state index in [0.717, 1.165) is 80.4 Å². The Morgan fingerprint density at radius 3 is 1.75 bits per heavy atom. The summed E-state index contributed by atoms with van der Waals surface area (Å²) >= 11 is 0. The molecule has 0 aliphatic carbocycles. The van der Waals surface area contributed by atoms with Gasteiger partial charge in [-0.25, -0.2) is 0 Å². The van der Waals surface area contributed by atoms with Crippen molar-refractivity contribution in [1.29, 1.82) is 10.8 Å².